The summed E-state index contributed by atoms with van der Waals surface area (Å²) in [7, 11) is 0. The molecule has 0 spiro atoms. The molecular formula is C20H19N5O. The summed E-state index contributed by atoms with van der Waals surface area (Å²) in [6, 6.07) is 13.1. The molecule has 3 heterocycles. The number of benzene rings is 1. The molecule has 4 aromatic rings. The molecule has 0 saturated carbocycles. The number of para-hydroxylation sites is 1. The molecule has 0 aliphatic carbocycles. The van der Waals surface area contributed by atoms with Gasteiger partial charge in [0.15, 0.2) is 0 Å². The van der Waals surface area contributed by atoms with Gasteiger partial charge in [-0.2, -0.15) is 9.78 Å². The fourth-order valence-electron chi connectivity index (χ4n) is 3.18. The maximum absolute atomic E-state index is 12.6. The number of fused-ring (bicyclic) bond motifs is 1. The summed E-state index contributed by atoms with van der Waals surface area (Å²) in [5, 5.41) is 8.41. The molecule has 2 N–H and O–H groups in total. The summed E-state index contributed by atoms with van der Waals surface area (Å²) in [5.41, 5.74) is 5.50. The Morgan fingerprint density at radius 3 is 2.77 bits per heavy atom. The second kappa shape index (κ2) is 6.48. The lowest BCUT2D eigenvalue weighted by Crippen LogP contribution is -2.22. The van der Waals surface area contributed by atoms with E-state index in [0.717, 1.165) is 39.2 Å². The normalized spacial score (nSPS) is 11.0. The van der Waals surface area contributed by atoms with Gasteiger partial charge in [-0.15, -0.1) is 0 Å². The Morgan fingerprint density at radius 2 is 1.96 bits per heavy atom. The molecule has 26 heavy (non-hydrogen) atoms. The van der Waals surface area contributed by atoms with Crippen molar-refractivity contribution in [2.45, 2.75) is 20.3 Å². The molecule has 4 rings (SSSR count). The van der Waals surface area contributed by atoms with Crippen LogP contribution in [0.4, 0.5) is 10.5 Å². The zero-order chi connectivity index (χ0) is 18.1. The number of hydrogen-bond donors (Lipinski definition) is 2. The van der Waals surface area contributed by atoms with Crippen LogP contribution in [0.5, 0.6) is 0 Å². The minimum absolute atomic E-state index is 0.261. The van der Waals surface area contributed by atoms with Gasteiger partial charge in [-0.1, -0.05) is 18.2 Å². The van der Waals surface area contributed by atoms with Gasteiger partial charge < -0.3 is 10.3 Å². The Morgan fingerprint density at radius 1 is 1.15 bits per heavy atom. The molecule has 0 fully saturated rings. The van der Waals surface area contributed by atoms with Crippen LogP contribution < -0.4 is 5.32 Å². The molecule has 0 radical (unpaired) electrons. The molecule has 6 nitrogen and oxygen atoms in total. The van der Waals surface area contributed by atoms with Crippen molar-refractivity contribution >= 4 is 22.8 Å². The number of carbonyl (C=O) groups excluding carboxylic acids is 1. The van der Waals surface area contributed by atoms with Gasteiger partial charge >= 0.3 is 6.03 Å². The molecule has 0 unspecified atom stereocenters. The van der Waals surface area contributed by atoms with Crippen LogP contribution in [0.25, 0.3) is 11.0 Å². The summed E-state index contributed by atoms with van der Waals surface area (Å²) in [4.78, 5) is 20.1. The van der Waals surface area contributed by atoms with Crippen molar-refractivity contribution < 1.29 is 4.79 Å². The van der Waals surface area contributed by atoms with Gasteiger partial charge in [0.25, 0.3) is 0 Å². The van der Waals surface area contributed by atoms with Crippen LogP contribution in [-0.2, 0) is 6.42 Å². The number of amides is 1. The van der Waals surface area contributed by atoms with Crippen molar-refractivity contribution in [2.24, 2.45) is 0 Å². The highest BCUT2D eigenvalue weighted by Crippen LogP contribution is 2.23. The average molecular weight is 345 g/mol. The first-order valence-corrected chi connectivity index (χ1v) is 8.46. The number of rotatable bonds is 3. The Hall–Kier alpha value is -3.41. The number of aromatic amines is 1. The summed E-state index contributed by atoms with van der Waals surface area (Å²) in [6.07, 6.45) is 4.44. The monoisotopic (exact) mass is 345 g/mol. The number of nitrogens with zero attached hydrogens (tertiary/aromatic N) is 3. The zero-order valence-corrected chi connectivity index (χ0v) is 14.7. The van der Waals surface area contributed by atoms with E-state index in [1.807, 2.05) is 62.5 Å². The van der Waals surface area contributed by atoms with Crippen LogP contribution in [0.3, 0.4) is 0 Å². The summed E-state index contributed by atoms with van der Waals surface area (Å²) >= 11 is 0. The minimum atomic E-state index is -0.261. The van der Waals surface area contributed by atoms with Gasteiger partial charge in [0.05, 0.1) is 5.69 Å². The van der Waals surface area contributed by atoms with Crippen LogP contribution in [-0.4, -0.2) is 25.8 Å². The van der Waals surface area contributed by atoms with Crippen LogP contribution in [0.2, 0.25) is 0 Å². The van der Waals surface area contributed by atoms with Crippen molar-refractivity contribution in [3.8, 4) is 0 Å². The second-order valence-corrected chi connectivity index (χ2v) is 6.25. The number of hydrogen-bond acceptors (Lipinski definition) is 3. The van der Waals surface area contributed by atoms with Crippen molar-refractivity contribution in [1.82, 2.24) is 19.7 Å². The molecule has 130 valence electrons. The van der Waals surface area contributed by atoms with E-state index in [0.29, 0.717) is 6.42 Å². The van der Waals surface area contributed by atoms with Gasteiger partial charge in [-0.3, -0.25) is 0 Å². The highest BCUT2D eigenvalue weighted by molar-refractivity contribution is 5.91. The number of nitrogens with one attached hydrogen (secondary N) is 2. The number of aromatic nitrogens is 4. The zero-order valence-electron chi connectivity index (χ0n) is 14.7. The van der Waals surface area contributed by atoms with Crippen molar-refractivity contribution in [1.29, 1.82) is 0 Å². The first-order chi connectivity index (χ1) is 12.6. The van der Waals surface area contributed by atoms with E-state index < -0.39 is 0 Å². The fraction of sp³-hybridized carbons (Fsp3) is 0.150. The molecular weight excluding hydrogens is 326 g/mol. The molecule has 0 aliphatic rings. The van der Waals surface area contributed by atoms with E-state index in [1.54, 1.807) is 6.20 Å². The SMILES string of the molecule is Cc1nn(C(=O)Nc2ccccc2)c(C)c1Cc1c[nH]c2ncccc12. The predicted octanol–water partition coefficient (Wildman–Crippen LogP) is 4.05. The topological polar surface area (TPSA) is 75.6 Å². The number of pyridine rings is 1. The van der Waals surface area contributed by atoms with Gasteiger partial charge in [0.1, 0.15) is 5.65 Å². The Bertz CT molecular complexity index is 1080. The van der Waals surface area contributed by atoms with E-state index >= 15 is 0 Å². The maximum atomic E-state index is 12.6. The van der Waals surface area contributed by atoms with Gasteiger partial charge in [0.2, 0.25) is 0 Å². The third kappa shape index (κ3) is 2.86. The fourth-order valence-corrected chi connectivity index (χ4v) is 3.18. The van der Waals surface area contributed by atoms with Crippen molar-refractivity contribution in [3.05, 3.63) is 77.4 Å². The molecule has 0 aliphatic heterocycles. The lowest BCUT2D eigenvalue weighted by atomic mass is 10.0. The van der Waals surface area contributed by atoms with E-state index in [-0.39, 0.29) is 6.03 Å². The first kappa shape index (κ1) is 16.1. The third-order valence-corrected chi connectivity index (χ3v) is 4.56. The van der Waals surface area contributed by atoms with Crippen LogP contribution >= 0.6 is 0 Å². The maximum Gasteiger partial charge on any atom is 0.346 e. The predicted molar refractivity (Wildman–Crippen MR) is 101 cm³/mol. The largest absolute Gasteiger partial charge is 0.346 e. The molecule has 0 bridgehead atoms. The standard InChI is InChI=1S/C20H19N5O/c1-13-18(11-15-12-22-19-17(15)9-6-10-21-19)14(2)25(24-13)20(26)23-16-7-4-3-5-8-16/h3-10,12H,11H2,1-2H3,(H,21,22)(H,23,26). The van der Waals surface area contributed by atoms with E-state index in [4.69, 9.17) is 0 Å². The summed E-state index contributed by atoms with van der Waals surface area (Å²) in [6.45, 7) is 3.86. The summed E-state index contributed by atoms with van der Waals surface area (Å²) < 4.78 is 1.44. The van der Waals surface area contributed by atoms with Crippen molar-refractivity contribution in [2.75, 3.05) is 5.32 Å². The third-order valence-electron chi connectivity index (χ3n) is 4.56. The van der Waals surface area contributed by atoms with Gasteiger partial charge in [-0.05, 0) is 43.7 Å². The van der Waals surface area contributed by atoms with Crippen LogP contribution in [0.1, 0.15) is 22.5 Å². The van der Waals surface area contributed by atoms with E-state index in [9.17, 15) is 4.79 Å². The highest BCUT2D eigenvalue weighted by atomic mass is 16.2. The smallest absolute Gasteiger partial charge is 0.346 e. The molecule has 1 aromatic carbocycles. The highest BCUT2D eigenvalue weighted by Gasteiger charge is 2.18. The Labute approximate surface area is 150 Å². The second-order valence-electron chi connectivity index (χ2n) is 6.25. The Kier molecular flexibility index (Phi) is 4.01. The van der Waals surface area contributed by atoms with Crippen LogP contribution in [0.15, 0.2) is 54.9 Å². The van der Waals surface area contributed by atoms with Crippen LogP contribution in [0, 0.1) is 13.8 Å². The number of carbonyl (C=O) groups is 1. The molecule has 3 aromatic heterocycles. The molecule has 0 atom stereocenters. The molecule has 6 heteroatoms. The van der Waals surface area contributed by atoms with Crippen molar-refractivity contribution in [3.63, 3.8) is 0 Å². The van der Waals surface area contributed by atoms with E-state index in [1.165, 1.54) is 4.68 Å². The Balaban J connectivity index is 1.63. The number of H-pyrrole nitrogens is 1. The lowest BCUT2D eigenvalue weighted by molar-refractivity contribution is 0.250. The number of anilines is 1. The van der Waals surface area contributed by atoms with Gasteiger partial charge in [0, 0.05) is 41.1 Å². The lowest BCUT2D eigenvalue weighted by Gasteiger charge is -2.07. The minimum Gasteiger partial charge on any atom is -0.346 e. The van der Waals surface area contributed by atoms with E-state index in [2.05, 4.69) is 20.4 Å². The number of aryl methyl sites for hydroxylation is 1. The van der Waals surface area contributed by atoms with Gasteiger partial charge in [-0.25, -0.2) is 9.78 Å². The average Bonchev–Trinajstić information content (AvgIpc) is 3.19. The molecule has 0 saturated heterocycles. The molecule has 1 amide bonds. The first-order valence-electron chi connectivity index (χ1n) is 8.46. The summed E-state index contributed by atoms with van der Waals surface area (Å²) in [5.74, 6) is 0. The quantitative estimate of drug-likeness (QED) is 0.588.